The van der Waals surface area contributed by atoms with Crippen molar-refractivity contribution in [3.8, 4) is 0 Å². The van der Waals surface area contributed by atoms with E-state index in [1.54, 1.807) is 12.1 Å². The van der Waals surface area contributed by atoms with Gasteiger partial charge < -0.3 is 5.32 Å². The second kappa shape index (κ2) is 6.89. The van der Waals surface area contributed by atoms with Crippen LogP contribution in [0, 0.1) is 5.82 Å². The first-order valence-electron chi connectivity index (χ1n) is 6.76. The lowest BCUT2D eigenvalue weighted by atomic mass is 9.73. The van der Waals surface area contributed by atoms with E-state index in [9.17, 15) is 9.18 Å². The van der Waals surface area contributed by atoms with Gasteiger partial charge in [-0.05, 0) is 23.3 Å². The molecule has 0 aliphatic heterocycles. The minimum atomic E-state index is -0.285. The highest BCUT2D eigenvalue weighted by Gasteiger charge is 2.04. The summed E-state index contributed by atoms with van der Waals surface area (Å²) in [6.07, 6.45) is 0.350. The van der Waals surface area contributed by atoms with Crippen LogP contribution in [0.25, 0.3) is 0 Å². The standard InChI is InChI=1S/C16H17BFNO/c1-17-14-6-2-4-12(8-14)10-16(20)19-11-13-5-3-7-15(18)9-13/h2-9,17H,10-11H2,1H3,(H,19,20). The lowest BCUT2D eigenvalue weighted by Crippen LogP contribution is -2.25. The van der Waals surface area contributed by atoms with E-state index >= 15 is 0 Å². The maximum absolute atomic E-state index is 13.0. The highest BCUT2D eigenvalue weighted by atomic mass is 19.1. The van der Waals surface area contributed by atoms with E-state index in [4.69, 9.17) is 0 Å². The molecule has 0 aromatic heterocycles. The monoisotopic (exact) mass is 269 g/mol. The first-order valence-corrected chi connectivity index (χ1v) is 6.76. The van der Waals surface area contributed by atoms with Gasteiger partial charge in [0.1, 0.15) is 5.82 Å². The molecule has 4 heteroatoms. The Bertz CT molecular complexity index is 601. The summed E-state index contributed by atoms with van der Waals surface area (Å²) in [5.74, 6) is -0.338. The van der Waals surface area contributed by atoms with Gasteiger partial charge in [-0.1, -0.05) is 48.7 Å². The van der Waals surface area contributed by atoms with Crippen molar-refractivity contribution in [2.75, 3.05) is 0 Å². The van der Waals surface area contributed by atoms with Crippen LogP contribution in [0.4, 0.5) is 4.39 Å². The molecular weight excluding hydrogens is 252 g/mol. The zero-order valence-electron chi connectivity index (χ0n) is 11.5. The number of hydrogen-bond donors (Lipinski definition) is 1. The van der Waals surface area contributed by atoms with E-state index in [2.05, 4.69) is 12.1 Å². The quantitative estimate of drug-likeness (QED) is 0.824. The van der Waals surface area contributed by atoms with Gasteiger partial charge in [-0.3, -0.25) is 4.79 Å². The molecule has 0 saturated heterocycles. The smallest absolute Gasteiger partial charge is 0.224 e. The highest BCUT2D eigenvalue weighted by molar-refractivity contribution is 6.51. The molecule has 1 amide bonds. The maximum atomic E-state index is 13.0. The van der Waals surface area contributed by atoms with E-state index in [0.717, 1.165) is 18.4 Å². The van der Waals surface area contributed by atoms with Crippen molar-refractivity contribution in [3.63, 3.8) is 0 Å². The predicted octanol–water partition coefficient (Wildman–Crippen LogP) is 1.79. The topological polar surface area (TPSA) is 29.1 Å². The Hall–Kier alpha value is -2.10. The number of carbonyl (C=O) groups is 1. The van der Waals surface area contributed by atoms with Crippen molar-refractivity contribution in [3.05, 3.63) is 65.5 Å². The third-order valence-corrected chi connectivity index (χ3v) is 3.14. The van der Waals surface area contributed by atoms with Crippen LogP contribution in [0.2, 0.25) is 6.82 Å². The van der Waals surface area contributed by atoms with E-state index in [1.165, 1.54) is 17.6 Å². The molecule has 0 fully saturated rings. The van der Waals surface area contributed by atoms with Crippen molar-refractivity contribution < 1.29 is 9.18 Å². The third kappa shape index (κ3) is 4.23. The van der Waals surface area contributed by atoms with Gasteiger partial charge in [0.05, 0.1) is 6.42 Å². The van der Waals surface area contributed by atoms with Gasteiger partial charge >= 0.3 is 0 Å². The Balaban J connectivity index is 1.89. The normalized spacial score (nSPS) is 10.1. The molecule has 102 valence electrons. The molecule has 20 heavy (non-hydrogen) atoms. The second-order valence-corrected chi connectivity index (χ2v) is 4.76. The number of hydrogen-bond acceptors (Lipinski definition) is 1. The van der Waals surface area contributed by atoms with Gasteiger partial charge in [0.15, 0.2) is 7.28 Å². The number of benzene rings is 2. The van der Waals surface area contributed by atoms with Crippen molar-refractivity contribution in [2.45, 2.75) is 19.8 Å². The number of carbonyl (C=O) groups excluding carboxylic acids is 1. The zero-order chi connectivity index (χ0) is 14.4. The summed E-state index contributed by atoms with van der Waals surface area (Å²) < 4.78 is 13.0. The number of amides is 1. The second-order valence-electron chi connectivity index (χ2n) is 4.76. The number of halogens is 1. The predicted molar refractivity (Wildman–Crippen MR) is 81.0 cm³/mol. The molecule has 2 aromatic carbocycles. The summed E-state index contributed by atoms with van der Waals surface area (Å²) in [5, 5.41) is 2.81. The van der Waals surface area contributed by atoms with Crippen molar-refractivity contribution >= 4 is 18.6 Å². The molecule has 0 aliphatic carbocycles. The molecule has 1 N–H and O–H groups in total. The summed E-state index contributed by atoms with van der Waals surface area (Å²) in [7, 11) is 0.957. The van der Waals surface area contributed by atoms with Crippen LogP contribution in [0.5, 0.6) is 0 Å². The Morgan fingerprint density at radius 3 is 2.65 bits per heavy atom. The fourth-order valence-corrected chi connectivity index (χ4v) is 2.06. The molecule has 2 nitrogen and oxygen atoms in total. The Morgan fingerprint density at radius 1 is 1.15 bits per heavy atom. The number of rotatable bonds is 5. The van der Waals surface area contributed by atoms with Gasteiger partial charge in [0.25, 0.3) is 0 Å². The molecule has 0 bridgehead atoms. The highest BCUT2D eigenvalue weighted by Crippen LogP contribution is 2.03. The molecule has 0 heterocycles. The molecule has 0 aliphatic rings. The van der Waals surface area contributed by atoms with Crippen LogP contribution < -0.4 is 10.8 Å². The number of nitrogens with one attached hydrogen (secondary N) is 1. The summed E-state index contributed by atoms with van der Waals surface area (Å²) in [6.45, 7) is 2.44. The molecule has 0 saturated carbocycles. The lowest BCUT2D eigenvalue weighted by Gasteiger charge is -2.06. The minimum Gasteiger partial charge on any atom is -0.352 e. The first kappa shape index (κ1) is 14.3. The SMILES string of the molecule is CBc1cccc(CC(=O)NCc2cccc(F)c2)c1. The third-order valence-electron chi connectivity index (χ3n) is 3.14. The largest absolute Gasteiger partial charge is 0.352 e. The molecular formula is C16H17BFNO. The molecule has 2 aromatic rings. The average Bonchev–Trinajstić information content (AvgIpc) is 2.45. The molecule has 0 spiro atoms. The lowest BCUT2D eigenvalue weighted by molar-refractivity contribution is -0.120. The van der Waals surface area contributed by atoms with Crippen LogP contribution in [-0.2, 0) is 17.8 Å². The van der Waals surface area contributed by atoms with Crippen molar-refractivity contribution in [2.24, 2.45) is 0 Å². The fourth-order valence-electron chi connectivity index (χ4n) is 2.06. The Kier molecular flexibility index (Phi) is 4.94. The van der Waals surface area contributed by atoms with Crippen LogP contribution in [0.15, 0.2) is 48.5 Å². The molecule has 0 radical (unpaired) electrons. The Morgan fingerprint density at radius 2 is 1.90 bits per heavy atom. The van der Waals surface area contributed by atoms with E-state index in [1.807, 2.05) is 24.3 Å². The summed E-state index contributed by atoms with van der Waals surface area (Å²) >= 11 is 0. The van der Waals surface area contributed by atoms with Crippen LogP contribution in [-0.4, -0.2) is 13.2 Å². The van der Waals surface area contributed by atoms with Gasteiger partial charge in [-0.25, -0.2) is 4.39 Å². The van der Waals surface area contributed by atoms with Crippen LogP contribution in [0.1, 0.15) is 11.1 Å². The summed E-state index contributed by atoms with van der Waals surface area (Å²) in [4.78, 5) is 11.9. The fraction of sp³-hybridized carbons (Fsp3) is 0.188. The van der Waals surface area contributed by atoms with Gasteiger partial charge in [-0.15, -0.1) is 0 Å². The summed E-state index contributed by atoms with van der Waals surface area (Å²) in [6, 6.07) is 14.3. The Labute approximate surface area is 119 Å². The van der Waals surface area contributed by atoms with E-state index < -0.39 is 0 Å². The van der Waals surface area contributed by atoms with E-state index in [-0.39, 0.29) is 11.7 Å². The van der Waals surface area contributed by atoms with Gasteiger partial charge in [-0.2, -0.15) is 0 Å². The minimum absolute atomic E-state index is 0.0532. The van der Waals surface area contributed by atoms with E-state index in [0.29, 0.717) is 13.0 Å². The van der Waals surface area contributed by atoms with Gasteiger partial charge in [0, 0.05) is 6.54 Å². The molecule has 2 rings (SSSR count). The molecule has 0 atom stereocenters. The average molecular weight is 269 g/mol. The first-order chi connectivity index (χ1) is 9.67. The van der Waals surface area contributed by atoms with Crippen LogP contribution >= 0.6 is 0 Å². The van der Waals surface area contributed by atoms with Gasteiger partial charge in [0.2, 0.25) is 5.91 Å². The van der Waals surface area contributed by atoms with Crippen molar-refractivity contribution in [1.29, 1.82) is 0 Å². The maximum Gasteiger partial charge on any atom is 0.224 e. The molecule has 0 unspecified atom stereocenters. The van der Waals surface area contributed by atoms with Crippen molar-refractivity contribution in [1.82, 2.24) is 5.32 Å². The summed E-state index contributed by atoms with van der Waals surface area (Å²) in [5.41, 5.74) is 2.99. The zero-order valence-corrected chi connectivity index (χ0v) is 11.5. The van der Waals surface area contributed by atoms with Crippen LogP contribution in [0.3, 0.4) is 0 Å².